The highest BCUT2D eigenvalue weighted by Gasteiger charge is 2.21. The molecule has 9 nitrogen and oxygen atoms in total. The Balaban J connectivity index is 4.42. The third-order valence-electron chi connectivity index (χ3n) is 9.59. The lowest BCUT2D eigenvalue weighted by atomic mass is 10.1. The van der Waals surface area contributed by atoms with Crippen LogP contribution in [0.5, 0.6) is 0 Å². The quantitative estimate of drug-likeness (QED) is 0.0196. The maximum atomic E-state index is 12.7. The predicted molar refractivity (Wildman–Crippen MR) is 259 cm³/mol. The largest absolute Gasteiger partial charge is 0.756 e. The number of phosphoric acid groups is 1. The summed E-state index contributed by atoms with van der Waals surface area (Å²) in [4.78, 5) is 37.7. The molecular formula is C52H88NO8P. The molecule has 0 saturated carbocycles. The normalized spacial score (nSPS) is 14.4. The molecule has 0 aromatic heterocycles. The molecule has 0 aliphatic heterocycles. The van der Waals surface area contributed by atoms with Crippen molar-refractivity contribution in [2.75, 3.05) is 47.5 Å². The van der Waals surface area contributed by atoms with E-state index in [-0.39, 0.29) is 26.1 Å². The van der Waals surface area contributed by atoms with Crippen molar-refractivity contribution in [3.8, 4) is 0 Å². The zero-order chi connectivity index (χ0) is 45.7. The molecule has 0 heterocycles. The number of nitrogens with zero attached hydrogens (tertiary/aromatic N) is 1. The van der Waals surface area contributed by atoms with Gasteiger partial charge >= 0.3 is 11.9 Å². The average Bonchev–Trinajstić information content (AvgIpc) is 3.23. The smallest absolute Gasteiger partial charge is 0.306 e. The molecule has 0 aromatic rings. The Hall–Kier alpha value is -3.07. The molecule has 0 aliphatic rings. The molecular weight excluding hydrogens is 798 g/mol. The maximum absolute atomic E-state index is 12.7. The lowest BCUT2D eigenvalue weighted by molar-refractivity contribution is -0.870. The number of esters is 2. The Morgan fingerprint density at radius 2 is 0.919 bits per heavy atom. The summed E-state index contributed by atoms with van der Waals surface area (Å²) in [6.45, 7) is 4.01. The molecule has 0 saturated heterocycles. The predicted octanol–water partition coefficient (Wildman–Crippen LogP) is 13.5. The summed E-state index contributed by atoms with van der Waals surface area (Å²) in [6, 6.07) is 0. The molecule has 354 valence electrons. The van der Waals surface area contributed by atoms with Crippen LogP contribution >= 0.6 is 7.82 Å². The lowest BCUT2D eigenvalue weighted by Gasteiger charge is -2.28. The second-order valence-electron chi connectivity index (χ2n) is 16.7. The van der Waals surface area contributed by atoms with Crippen molar-refractivity contribution < 1.29 is 42.1 Å². The summed E-state index contributed by atoms with van der Waals surface area (Å²) in [5, 5.41) is 0. The van der Waals surface area contributed by atoms with Gasteiger partial charge in [0.1, 0.15) is 19.8 Å². The van der Waals surface area contributed by atoms with Crippen LogP contribution in [0.25, 0.3) is 0 Å². The SMILES string of the molecule is CC/C=C\C/C=C\C/C=C\C/C=C\C/C=C\CCCCCC(=O)OC(COC(=O)CCCCCCCC/C=C\C/C=C\C/C=C\CCCCC)COP(=O)([O-])OCC[N+](C)(C)C. The molecule has 2 atom stereocenters. The van der Waals surface area contributed by atoms with Crippen molar-refractivity contribution >= 4 is 19.8 Å². The highest BCUT2D eigenvalue weighted by molar-refractivity contribution is 7.45. The Morgan fingerprint density at radius 3 is 1.39 bits per heavy atom. The van der Waals surface area contributed by atoms with E-state index < -0.39 is 32.5 Å². The van der Waals surface area contributed by atoms with Gasteiger partial charge in [0.2, 0.25) is 0 Å². The first-order chi connectivity index (χ1) is 30.0. The first kappa shape index (κ1) is 58.9. The highest BCUT2D eigenvalue weighted by atomic mass is 31.2. The number of ether oxygens (including phenoxy) is 2. The molecule has 0 radical (unpaired) electrons. The summed E-state index contributed by atoms with van der Waals surface area (Å²) < 4.78 is 33.9. The number of allylic oxidation sites excluding steroid dienone is 16. The molecule has 0 aliphatic carbocycles. The van der Waals surface area contributed by atoms with Gasteiger partial charge in [-0.2, -0.15) is 0 Å². The molecule has 0 fully saturated rings. The number of rotatable bonds is 42. The van der Waals surface area contributed by atoms with Crippen molar-refractivity contribution in [3.05, 3.63) is 97.2 Å². The van der Waals surface area contributed by atoms with Gasteiger partial charge in [0.05, 0.1) is 27.7 Å². The van der Waals surface area contributed by atoms with Gasteiger partial charge < -0.3 is 27.9 Å². The summed E-state index contributed by atoms with van der Waals surface area (Å²) in [5.74, 6) is -0.896. The number of carbonyl (C=O) groups excluding carboxylic acids is 2. The van der Waals surface area contributed by atoms with E-state index in [0.717, 1.165) is 103 Å². The van der Waals surface area contributed by atoms with E-state index in [2.05, 4.69) is 111 Å². The van der Waals surface area contributed by atoms with Crippen molar-refractivity contribution in [1.29, 1.82) is 0 Å². The monoisotopic (exact) mass is 886 g/mol. The molecule has 0 N–H and O–H groups in total. The topological polar surface area (TPSA) is 111 Å². The van der Waals surface area contributed by atoms with E-state index in [1.807, 2.05) is 21.1 Å². The van der Waals surface area contributed by atoms with Crippen LogP contribution in [0.15, 0.2) is 97.2 Å². The summed E-state index contributed by atoms with van der Waals surface area (Å²) in [7, 11) is 1.12. The minimum atomic E-state index is -4.65. The number of carbonyl (C=O) groups is 2. The van der Waals surface area contributed by atoms with Crippen molar-refractivity contribution in [2.45, 2.75) is 174 Å². The number of phosphoric ester groups is 1. The number of unbranched alkanes of at least 4 members (excludes halogenated alkanes) is 12. The van der Waals surface area contributed by atoms with Crippen LogP contribution in [-0.2, 0) is 32.7 Å². The first-order valence-corrected chi connectivity index (χ1v) is 25.4. The third kappa shape index (κ3) is 46.4. The van der Waals surface area contributed by atoms with Crippen LogP contribution < -0.4 is 4.89 Å². The van der Waals surface area contributed by atoms with Crippen LogP contribution in [0.1, 0.15) is 168 Å². The second kappa shape index (κ2) is 43.2. The molecule has 10 heteroatoms. The fourth-order valence-corrected chi connectivity index (χ4v) is 6.59. The van der Waals surface area contributed by atoms with E-state index in [1.165, 1.54) is 25.7 Å². The Bertz CT molecular complexity index is 1370. The maximum Gasteiger partial charge on any atom is 0.306 e. The van der Waals surface area contributed by atoms with Gasteiger partial charge in [0.25, 0.3) is 7.82 Å². The van der Waals surface area contributed by atoms with E-state index in [4.69, 9.17) is 18.5 Å². The van der Waals surface area contributed by atoms with Crippen LogP contribution in [0.3, 0.4) is 0 Å². The number of hydrogen-bond donors (Lipinski definition) is 0. The van der Waals surface area contributed by atoms with Gasteiger partial charge in [-0.15, -0.1) is 0 Å². The highest BCUT2D eigenvalue weighted by Crippen LogP contribution is 2.38. The molecule has 2 unspecified atom stereocenters. The molecule has 0 amide bonds. The number of quaternary nitrogens is 1. The standard InChI is InChI=1S/C52H88NO8P/c1-6-8-10-12-14-16-18-20-22-24-26-28-30-32-34-36-38-40-42-44-51(54)58-48-50(49-60-62(56,57)59-47-46-53(3,4)5)61-52(55)45-43-41-39-37-35-33-31-29-27-25-23-21-19-17-15-13-11-9-7-2/h9,11,14-17,20-23,26-29,33,35,50H,6-8,10,12-13,18-19,24-25,30-32,34,36-49H2,1-5H3/b11-9-,16-14-,17-15-,22-20-,23-21-,28-26-,29-27-,35-33-. The zero-order valence-corrected chi connectivity index (χ0v) is 40.7. The van der Waals surface area contributed by atoms with Gasteiger partial charge in [0.15, 0.2) is 6.10 Å². The lowest BCUT2D eigenvalue weighted by Crippen LogP contribution is -2.37. The van der Waals surface area contributed by atoms with Crippen LogP contribution in [0, 0.1) is 0 Å². The van der Waals surface area contributed by atoms with E-state index in [1.54, 1.807) is 0 Å². The third-order valence-corrected chi connectivity index (χ3v) is 10.6. The molecule has 0 rings (SSSR count). The minimum absolute atomic E-state index is 0.0457. The molecule has 62 heavy (non-hydrogen) atoms. The molecule has 0 aromatic carbocycles. The summed E-state index contributed by atoms with van der Waals surface area (Å²) >= 11 is 0. The Morgan fingerprint density at radius 1 is 0.516 bits per heavy atom. The van der Waals surface area contributed by atoms with Crippen LogP contribution in [0.4, 0.5) is 0 Å². The van der Waals surface area contributed by atoms with Crippen molar-refractivity contribution in [1.82, 2.24) is 0 Å². The number of likely N-dealkylation sites (N-methyl/N-ethyl adjacent to an activating group) is 1. The van der Waals surface area contributed by atoms with E-state index in [0.29, 0.717) is 23.9 Å². The second-order valence-corrected chi connectivity index (χ2v) is 18.1. The fraction of sp³-hybridized carbons (Fsp3) is 0.654. The average molecular weight is 886 g/mol. The summed E-state index contributed by atoms with van der Waals surface area (Å²) in [6.07, 6.45) is 57.2. The van der Waals surface area contributed by atoms with Crippen LogP contribution in [0.2, 0.25) is 0 Å². The molecule has 0 bridgehead atoms. The summed E-state index contributed by atoms with van der Waals surface area (Å²) in [5.41, 5.74) is 0. The van der Waals surface area contributed by atoms with Gasteiger partial charge in [-0.1, -0.05) is 156 Å². The van der Waals surface area contributed by atoms with Gasteiger partial charge in [-0.3, -0.25) is 14.2 Å². The van der Waals surface area contributed by atoms with Crippen molar-refractivity contribution in [3.63, 3.8) is 0 Å². The van der Waals surface area contributed by atoms with E-state index in [9.17, 15) is 19.0 Å². The van der Waals surface area contributed by atoms with E-state index >= 15 is 0 Å². The Labute approximate surface area is 379 Å². The zero-order valence-electron chi connectivity index (χ0n) is 39.8. The molecule has 0 spiro atoms. The Kier molecular flexibility index (Phi) is 41.1. The number of hydrogen-bond acceptors (Lipinski definition) is 8. The van der Waals surface area contributed by atoms with Crippen molar-refractivity contribution in [2.24, 2.45) is 0 Å². The van der Waals surface area contributed by atoms with Crippen LogP contribution in [-0.4, -0.2) is 70.0 Å². The van der Waals surface area contributed by atoms with Gasteiger partial charge in [-0.25, -0.2) is 0 Å². The van der Waals surface area contributed by atoms with Gasteiger partial charge in [-0.05, 0) is 96.3 Å². The first-order valence-electron chi connectivity index (χ1n) is 23.9. The fourth-order valence-electron chi connectivity index (χ4n) is 5.86. The van der Waals surface area contributed by atoms with Gasteiger partial charge in [0, 0.05) is 12.8 Å². The minimum Gasteiger partial charge on any atom is -0.756 e.